The molecule has 2 aromatic rings. The summed E-state index contributed by atoms with van der Waals surface area (Å²) in [6.45, 7) is 1.17. The summed E-state index contributed by atoms with van der Waals surface area (Å²) < 4.78 is 44.7. The van der Waals surface area contributed by atoms with Crippen LogP contribution in [0.2, 0.25) is 0 Å². The number of aliphatic hydroxyl groups is 1. The van der Waals surface area contributed by atoms with Crippen molar-refractivity contribution in [1.29, 1.82) is 0 Å². The van der Waals surface area contributed by atoms with Crippen LogP contribution in [0.1, 0.15) is 11.3 Å². The van der Waals surface area contributed by atoms with E-state index < -0.39 is 22.4 Å². The highest BCUT2D eigenvalue weighted by Crippen LogP contribution is 2.20. The van der Waals surface area contributed by atoms with Gasteiger partial charge in [0.1, 0.15) is 23.6 Å². The summed E-state index contributed by atoms with van der Waals surface area (Å²) in [6, 6.07) is 2.85. The van der Waals surface area contributed by atoms with E-state index in [1.165, 1.54) is 6.26 Å². The number of sulfonamides is 1. The molecule has 1 heterocycles. The topological polar surface area (TPSA) is 92.4 Å². The molecule has 0 amide bonds. The van der Waals surface area contributed by atoms with Gasteiger partial charge < -0.3 is 9.52 Å². The molecule has 0 unspecified atom stereocenters. The van der Waals surface area contributed by atoms with Gasteiger partial charge in [-0.15, -0.1) is 0 Å². The second kappa shape index (κ2) is 5.95. The van der Waals surface area contributed by atoms with Gasteiger partial charge in [-0.25, -0.2) is 17.5 Å². The molecule has 0 aliphatic carbocycles. The number of rotatable bonds is 3. The van der Waals surface area contributed by atoms with Crippen LogP contribution in [-0.4, -0.2) is 25.1 Å². The second-order valence-corrected chi connectivity index (χ2v) is 5.65. The van der Waals surface area contributed by atoms with Gasteiger partial charge in [0.2, 0.25) is 0 Å². The average molecular weight is 310 g/mol. The Hall–Kier alpha value is -2.37. The first-order valence-corrected chi connectivity index (χ1v) is 7.25. The molecule has 110 valence electrons. The number of aryl methyl sites for hydroxylation is 1. The van der Waals surface area contributed by atoms with Crippen LogP contribution in [0.5, 0.6) is 0 Å². The predicted octanol–water partition coefficient (Wildman–Crippen LogP) is 1.27. The highest BCUT2D eigenvalue weighted by molar-refractivity contribution is 7.92. The molecule has 21 heavy (non-hydrogen) atoms. The van der Waals surface area contributed by atoms with E-state index in [1.54, 1.807) is 6.92 Å². The number of aliphatic hydroxyl groups excluding tert-OH is 1. The van der Waals surface area contributed by atoms with E-state index in [0.717, 1.165) is 18.2 Å². The molecule has 0 spiro atoms. The fraction of sp³-hybridized carbons (Fsp3) is 0.154. The average Bonchev–Trinajstić information content (AvgIpc) is 2.80. The molecule has 2 N–H and O–H groups in total. The van der Waals surface area contributed by atoms with Crippen LogP contribution in [0.15, 0.2) is 33.8 Å². The molecule has 0 bridgehead atoms. The van der Waals surface area contributed by atoms with Gasteiger partial charge in [0.25, 0.3) is 10.0 Å². The van der Waals surface area contributed by atoms with E-state index in [0.29, 0.717) is 5.69 Å². The van der Waals surface area contributed by atoms with Crippen LogP contribution in [0.25, 0.3) is 0 Å². The molecule has 8 heteroatoms. The van der Waals surface area contributed by atoms with Gasteiger partial charge in [-0.2, -0.15) is 4.98 Å². The lowest BCUT2D eigenvalue weighted by Crippen LogP contribution is -2.15. The summed E-state index contributed by atoms with van der Waals surface area (Å²) in [5.74, 6) is 4.03. The fourth-order valence-electron chi connectivity index (χ4n) is 1.54. The normalized spacial score (nSPS) is 10.8. The Labute approximate surface area is 120 Å². The van der Waals surface area contributed by atoms with Crippen molar-refractivity contribution in [2.45, 2.75) is 11.8 Å². The molecule has 2 rings (SSSR count). The number of hydrogen-bond donors (Lipinski definition) is 2. The Morgan fingerprint density at radius 3 is 2.86 bits per heavy atom. The third-order valence-corrected chi connectivity index (χ3v) is 3.75. The number of nitrogens with one attached hydrogen (secondary N) is 1. The van der Waals surface area contributed by atoms with Crippen LogP contribution < -0.4 is 4.72 Å². The number of oxazole rings is 1. The highest BCUT2D eigenvalue weighted by Gasteiger charge is 2.20. The van der Waals surface area contributed by atoms with Crippen LogP contribution >= 0.6 is 0 Å². The van der Waals surface area contributed by atoms with E-state index >= 15 is 0 Å². The predicted molar refractivity (Wildman–Crippen MR) is 72.4 cm³/mol. The Morgan fingerprint density at radius 2 is 2.24 bits per heavy atom. The van der Waals surface area contributed by atoms with Crippen LogP contribution in [0.3, 0.4) is 0 Å². The summed E-state index contributed by atoms with van der Waals surface area (Å²) in [6.07, 6.45) is 1.29. The fourth-order valence-corrected chi connectivity index (χ4v) is 2.62. The first kappa shape index (κ1) is 15.0. The SMILES string of the molecule is Cc1coc(NS(=O)(=O)c2ccc(F)cc2C#CCO)n1. The summed E-state index contributed by atoms with van der Waals surface area (Å²) in [5, 5.41) is 8.67. The van der Waals surface area contributed by atoms with Crippen molar-refractivity contribution in [2.24, 2.45) is 0 Å². The van der Waals surface area contributed by atoms with Crippen molar-refractivity contribution in [1.82, 2.24) is 4.98 Å². The van der Waals surface area contributed by atoms with Crippen LogP contribution in [0, 0.1) is 24.6 Å². The van der Waals surface area contributed by atoms with Gasteiger partial charge in [0.05, 0.1) is 5.69 Å². The molecular weight excluding hydrogens is 299 g/mol. The summed E-state index contributed by atoms with van der Waals surface area (Å²) >= 11 is 0. The zero-order valence-electron chi connectivity index (χ0n) is 10.9. The van der Waals surface area contributed by atoms with Crippen LogP contribution in [-0.2, 0) is 10.0 Å². The van der Waals surface area contributed by atoms with Gasteiger partial charge in [0, 0.05) is 5.56 Å². The highest BCUT2D eigenvalue weighted by atomic mass is 32.2. The van der Waals surface area contributed by atoms with Gasteiger partial charge in [-0.3, -0.25) is 0 Å². The molecule has 1 aromatic heterocycles. The Balaban J connectivity index is 2.44. The number of halogens is 1. The summed E-state index contributed by atoms with van der Waals surface area (Å²) in [4.78, 5) is 3.59. The second-order valence-electron chi connectivity index (χ2n) is 4.00. The summed E-state index contributed by atoms with van der Waals surface area (Å²) in [7, 11) is -4.03. The van der Waals surface area contributed by atoms with Gasteiger partial charge in [0.15, 0.2) is 0 Å². The van der Waals surface area contributed by atoms with Crippen LogP contribution in [0.4, 0.5) is 10.4 Å². The van der Waals surface area contributed by atoms with E-state index in [-0.39, 0.29) is 16.5 Å². The minimum absolute atomic E-state index is 0.0696. The third-order valence-electron chi connectivity index (χ3n) is 2.37. The molecule has 1 aromatic carbocycles. The molecule has 6 nitrogen and oxygen atoms in total. The molecule has 0 aliphatic rings. The number of benzene rings is 1. The quantitative estimate of drug-likeness (QED) is 0.833. The Bertz CT molecular complexity index is 818. The van der Waals surface area contributed by atoms with Gasteiger partial charge in [-0.1, -0.05) is 11.8 Å². The van der Waals surface area contributed by atoms with Crippen molar-refractivity contribution in [3.05, 3.63) is 41.5 Å². The molecule has 0 fully saturated rings. The first-order chi connectivity index (χ1) is 9.92. The molecular formula is C13H11FN2O4S. The number of anilines is 1. The number of hydrogen-bond acceptors (Lipinski definition) is 5. The molecule has 0 radical (unpaired) electrons. The van der Waals surface area contributed by atoms with Gasteiger partial charge >= 0.3 is 6.01 Å². The van der Waals surface area contributed by atoms with E-state index in [2.05, 4.69) is 21.5 Å². The maximum atomic E-state index is 13.2. The Morgan fingerprint density at radius 1 is 1.48 bits per heavy atom. The van der Waals surface area contributed by atoms with Crippen molar-refractivity contribution < 1.29 is 22.3 Å². The maximum absolute atomic E-state index is 13.2. The molecule has 0 saturated heterocycles. The number of nitrogens with zero attached hydrogens (tertiary/aromatic N) is 1. The zero-order valence-corrected chi connectivity index (χ0v) is 11.7. The lowest BCUT2D eigenvalue weighted by molar-refractivity contribution is 0.350. The third kappa shape index (κ3) is 3.59. The van der Waals surface area contributed by atoms with E-state index in [4.69, 9.17) is 9.52 Å². The molecule has 0 aliphatic heterocycles. The largest absolute Gasteiger partial charge is 0.431 e. The van der Waals surface area contributed by atoms with E-state index in [9.17, 15) is 12.8 Å². The Kier molecular flexibility index (Phi) is 4.26. The van der Waals surface area contributed by atoms with Crippen molar-refractivity contribution in [3.63, 3.8) is 0 Å². The first-order valence-electron chi connectivity index (χ1n) is 5.76. The van der Waals surface area contributed by atoms with Crippen molar-refractivity contribution in [2.75, 3.05) is 11.3 Å². The maximum Gasteiger partial charge on any atom is 0.309 e. The van der Waals surface area contributed by atoms with Gasteiger partial charge in [-0.05, 0) is 25.1 Å². The number of aromatic nitrogens is 1. The lowest BCUT2D eigenvalue weighted by Gasteiger charge is -2.06. The molecule has 0 saturated carbocycles. The van der Waals surface area contributed by atoms with E-state index in [1.807, 2.05) is 0 Å². The standard InChI is InChI=1S/C13H11FN2O4S/c1-9-8-20-13(15-9)16-21(18,19)12-5-4-11(14)7-10(12)3-2-6-17/h4-5,7-8,17H,6H2,1H3,(H,15,16). The minimum atomic E-state index is -4.03. The molecule has 0 atom stereocenters. The zero-order chi connectivity index (χ0) is 15.5. The monoisotopic (exact) mass is 310 g/mol. The smallest absolute Gasteiger partial charge is 0.309 e. The lowest BCUT2D eigenvalue weighted by atomic mass is 10.2. The minimum Gasteiger partial charge on any atom is -0.431 e. The van der Waals surface area contributed by atoms with Crippen molar-refractivity contribution in [3.8, 4) is 11.8 Å². The van der Waals surface area contributed by atoms with Crippen molar-refractivity contribution >= 4 is 16.0 Å². The summed E-state index contributed by atoms with van der Waals surface area (Å²) in [5.41, 5.74) is 0.437.